The number of hydrogen-bond acceptors (Lipinski definition) is 5. The van der Waals surface area contributed by atoms with Gasteiger partial charge in [0.2, 0.25) is 0 Å². The van der Waals surface area contributed by atoms with E-state index in [1.54, 1.807) is 31.4 Å². The number of nitrogen functional groups attached to an aromatic ring is 1. The number of carbonyl (C=O) groups excluding carboxylic acids is 1. The molecule has 0 unspecified atom stereocenters. The van der Waals surface area contributed by atoms with E-state index >= 15 is 0 Å². The maximum Gasteiger partial charge on any atom is 0.416 e. The summed E-state index contributed by atoms with van der Waals surface area (Å²) in [7, 11) is 1.66. The van der Waals surface area contributed by atoms with E-state index in [1.165, 1.54) is 16.8 Å². The van der Waals surface area contributed by atoms with Crippen LogP contribution in [0.25, 0.3) is 0 Å². The van der Waals surface area contributed by atoms with Crippen LogP contribution >= 0.6 is 0 Å². The van der Waals surface area contributed by atoms with E-state index in [9.17, 15) is 18.0 Å². The first-order valence-electron chi connectivity index (χ1n) is 11.5. The molecular formula is C25H26F3N7O. The highest BCUT2D eigenvalue weighted by molar-refractivity contribution is 5.99. The van der Waals surface area contributed by atoms with E-state index in [2.05, 4.69) is 32.6 Å². The molecule has 4 N–H and O–H groups in total. The molecule has 1 aromatic carbocycles. The number of aromatic nitrogens is 3. The molecule has 8 nitrogen and oxygen atoms in total. The zero-order valence-corrected chi connectivity index (χ0v) is 19.7. The summed E-state index contributed by atoms with van der Waals surface area (Å²) >= 11 is 0. The van der Waals surface area contributed by atoms with Gasteiger partial charge in [0.25, 0.3) is 0 Å². The van der Waals surface area contributed by atoms with Crippen LogP contribution in [0.1, 0.15) is 41.6 Å². The summed E-state index contributed by atoms with van der Waals surface area (Å²) in [6, 6.07) is 8.07. The van der Waals surface area contributed by atoms with Crippen molar-refractivity contribution in [3.63, 3.8) is 0 Å². The first-order valence-corrected chi connectivity index (χ1v) is 11.5. The molecule has 11 heteroatoms. The Morgan fingerprint density at radius 2 is 1.86 bits per heavy atom. The second kappa shape index (κ2) is 10.7. The van der Waals surface area contributed by atoms with Crippen LogP contribution in [0.15, 0.2) is 42.6 Å². The number of nitrogens with one attached hydrogen (secondary N) is 2. The molecular weight excluding hydrogens is 471 g/mol. The number of urea groups is 1. The molecule has 3 aromatic rings. The number of aryl methyl sites for hydroxylation is 1. The van der Waals surface area contributed by atoms with Gasteiger partial charge in [-0.25, -0.2) is 9.78 Å². The summed E-state index contributed by atoms with van der Waals surface area (Å²) in [5.41, 5.74) is 6.21. The van der Waals surface area contributed by atoms with Crippen LogP contribution in [0.2, 0.25) is 0 Å². The standard InChI is InChI=1S/C25H26F3N7O/c1-34-20(9-5-17-6-10-22(29)30-15-17)14-23(33-34)32-24(36)31-19-8-7-18(21(13-19)25(26,27)28)16-35-11-3-2-4-12-35/h6-8,10,13-15H,2-4,11-12,16H2,1H3,(H2,29,30)(H2,31,32,33,36). The Bertz CT molecular complexity index is 1280. The van der Waals surface area contributed by atoms with Crippen molar-refractivity contribution in [3.05, 3.63) is 65.0 Å². The molecule has 0 radical (unpaired) electrons. The molecule has 2 amide bonds. The Labute approximate surface area is 206 Å². The molecule has 1 saturated heterocycles. The summed E-state index contributed by atoms with van der Waals surface area (Å²) in [5.74, 6) is 6.44. The molecule has 1 aliphatic heterocycles. The quantitative estimate of drug-likeness (QED) is 0.463. The van der Waals surface area contributed by atoms with Crippen molar-refractivity contribution >= 4 is 23.4 Å². The van der Waals surface area contributed by atoms with Crippen LogP contribution in [0.3, 0.4) is 0 Å². The van der Waals surface area contributed by atoms with E-state index in [4.69, 9.17) is 5.73 Å². The second-order valence-corrected chi connectivity index (χ2v) is 8.55. The number of pyridine rings is 1. The van der Waals surface area contributed by atoms with Gasteiger partial charge in [-0.15, -0.1) is 0 Å². The summed E-state index contributed by atoms with van der Waals surface area (Å²) in [6.45, 7) is 1.80. The fraction of sp³-hybridized carbons (Fsp3) is 0.320. The van der Waals surface area contributed by atoms with Gasteiger partial charge < -0.3 is 11.1 Å². The summed E-state index contributed by atoms with van der Waals surface area (Å²) in [4.78, 5) is 18.5. The van der Waals surface area contributed by atoms with Gasteiger partial charge in [-0.05, 0) is 61.7 Å². The Kier molecular flexibility index (Phi) is 7.45. The molecule has 3 heterocycles. The zero-order chi connectivity index (χ0) is 25.7. The lowest BCUT2D eigenvalue weighted by Crippen LogP contribution is -2.30. The number of nitrogens with two attached hydrogens (primary N) is 1. The molecule has 36 heavy (non-hydrogen) atoms. The number of amides is 2. The normalized spacial score (nSPS) is 14.1. The van der Waals surface area contributed by atoms with Gasteiger partial charge >= 0.3 is 12.2 Å². The number of alkyl halides is 3. The van der Waals surface area contributed by atoms with Crippen LogP contribution < -0.4 is 16.4 Å². The van der Waals surface area contributed by atoms with Crippen molar-refractivity contribution in [2.24, 2.45) is 7.05 Å². The van der Waals surface area contributed by atoms with E-state index in [0.29, 0.717) is 17.1 Å². The van der Waals surface area contributed by atoms with Gasteiger partial charge in [0.1, 0.15) is 11.5 Å². The predicted molar refractivity (Wildman–Crippen MR) is 131 cm³/mol. The minimum Gasteiger partial charge on any atom is -0.384 e. The van der Waals surface area contributed by atoms with Crippen molar-refractivity contribution in [2.75, 3.05) is 29.5 Å². The largest absolute Gasteiger partial charge is 0.416 e. The van der Waals surface area contributed by atoms with Crippen molar-refractivity contribution in [2.45, 2.75) is 32.0 Å². The minimum absolute atomic E-state index is 0.0361. The fourth-order valence-corrected chi connectivity index (χ4v) is 3.95. The van der Waals surface area contributed by atoms with Gasteiger partial charge in [0.15, 0.2) is 5.82 Å². The van der Waals surface area contributed by atoms with Crippen molar-refractivity contribution in [3.8, 4) is 11.8 Å². The number of halogens is 3. The van der Waals surface area contributed by atoms with Crippen LogP contribution in [-0.4, -0.2) is 38.8 Å². The average molecular weight is 498 g/mol. The van der Waals surface area contributed by atoms with Gasteiger partial charge in [-0.1, -0.05) is 18.4 Å². The second-order valence-electron chi connectivity index (χ2n) is 8.55. The first-order chi connectivity index (χ1) is 17.2. The first kappa shape index (κ1) is 25.1. The lowest BCUT2D eigenvalue weighted by molar-refractivity contribution is -0.138. The highest BCUT2D eigenvalue weighted by atomic mass is 19.4. The van der Waals surface area contributed by atoms with Crippen LogP contribution in [0.5, 0.6) is 0 Å². The summed E-state index contributed by atoms with van der Waals surface area (Å²) in [5, 5.41) is 9.16. The van der Waals surface area contributed by atoms with Crippen molar-refractivity contribution in [1.82, 2.24) is 19.7 Å². The number of nitrogens with zero attached hydrogens (tertiary/aromatic N) is 4. The van der Waals surface area contributed by atoms with Gasteiger partial charge in [-0.2, -0.15) is 18.3 Å². The molecule has 0 saturated carbocycles. The maximum atomic E-state index is 13.7. The van der Waals surface area contributed by atoms with Crippen molar-refractivity contribution in [1.29, 1.82) is 0 Å². The molecule has 188 valence electrons. The van der Waals surface area contributed by atoms with Crippen LogP contribution in [0.4, 0.5) is 35.3 Å². The average Bonchev–Trinajstić information content (AvgIpc) is 3.18. The predicted octanol–water partition coefficient (Wildman–Crippen LogP) is 4.45. The SMILES string of the molecule is Cn1nc(NC(=O)Nc2ccc(CN3CCCCC3)c(C(F)(F)F)c2)cc1C#Cc1ccc(N)nc1. The van der Waals surface area contributed by atoms with Crippen molar-refractivity contribution < 1.29 is 18.0 Å². The van der Waals surface area contributed by atoms with Gasteiger partial charge in [0, 0.05) is 37.1 Å². The van der Waals surface area contributed by atoms with Crippen LogP contribution in [0, 0.1) is 11.8 Å². The molecule has 0 bridgehead atoms. The van der Waals surface area contributed by atoms with Crippen LogP contribution in [-0.2, 0) is 19.8 Å². The van der Waals surface area contributed by atoms with E-state index in [1.807, 2.05) is 4.90 Å². The van der Waals surface area contributed by atoms with Gasteiger partial charge in [-0.3, -0.25) is 14.9 Å². The third kappa shape index (κ3) is 6.55. The number of hydrogen-bond donors (Lipinski definition) is 3. The third-order valence-electron chi connectivity index (χ3n) is 5.76. The highest BCUT2D eigenvalue weighted by Gasteiger charge is 2.34. The van der Waals surface area contributed by atoms with E-state index in [0.717, 1.165) is 38.4 Å². The lowest BCUT2D eigenvalue weighted by Gasteiger charge is -2.27. The highest BCUT2D eigenvalue weighted by Crippen LogP contribution is 2.35. The van der Waals surface area contributed by atoms with E-state index < -0.39 is 17.8 Å². The molecule has 0 spiro atoms. The zero-order valence-electron chi connectivity index (χ0n) is 19.7. The molecule has 4 rings (SSSR count). The number of carbonyl (C=O) groups is 1. The Morgan fingerprint density at radius 3 is 2.56 bits per heavy atom. The number of likely N-dealkylation sites (tertiary alicyclic amines) is 1. The topological polar surface area (TPSA) is 101 Å². The Hall–Kier alpha value is -4.04. The lowest BCUT2D eigenvalue weighted by atomic mass is 10.0. The summed E-state index contributed by atoms with van der Waals surface area (Å²) in [6.07, 6.45) is 0.0816. The molecule has 0 aliphatic carbocycles. The Morgan fingerprint density at radius 1 is 1.08 bits per heavy atom. The Balaban J connectivity index is 1.43. The third-order valence-corrected chi connectivity index (χ3v) is 5.76. The number of piperidine rings is 1. The van der Waals surface area contributed by atoms with E-state index in [-0.39, 0.29) is 23.6 Å². The smallest absolute Gasteiger partial charge is 0.384 e. The molecule has 0 atom stereocenters. The molecule has 1 fully saturated rings. The number of rotatable bonds is 4. The molecule has 1 aliphatic rings. The number of anilines is 3. The summed E-state index contributed by atoms with van der Waals surface area (Å²) < 4.78 is 42.7. The number of benzene rings is 1. The maximum absolute atomic E-state index is 13.7. The van der Waals surface area contributed by atoms with Gasteiger partial charge in [0.05, 0.1) is 5.56 Å². The fourth-order valence-electron chi connectivity index (χ4n) is 3.95. The molecule has 2 aromatic heterocycles. The monoisotopic (exact) mass is 497 g/mol. The minimum atomic E-state index is -4.53.